The molecule has 0 spiro atoms. The van der Waals surface area contributed by atoms with Crippen LogP contribution in [0.4, 0.5) is 0 Å². The Kier molecular flexibility index (Phi) is 41.1. The second kappa shape index (κ2) is 41.7. The van der Waals surface area contributed by atoms with Gasteiger partial charge in [0.05, 0.1) is 13.2 Å². The standard InChI is InChI=1S/C43H87NO5/c1-4-7-10-13-16-17-19-26-33-42(46)47-39-30-25-22-29-36-44(37-38-45)35-28-21-18-20-27-34-43(48-40-31-23-14-11-8-5-2)49-41-32-24-15-12-9-6-3/h43,45H,4-41H2,1-3H3. The molecular formula is C43H87NO5. The van der Waals surface area contributed by atoms with Gasteiger partial charge in [0.25, 0.3) is 0 Å². The normalized spacial score (nSPS) is 11.7. The van der Waals surface area contributed by atoms with Crippen molar-refractivity contribution < 1.29 is 24.1 Å². The van der Waals surface area contributed by atoms with Crippen LogP contribution in [0, 0.1) is 0 Å². The van der Waals surface area contributed by atoms with Crippen molar-refractivity contribution in [2.45, 2.75) is 226 Å². The van der Waals surface area contributed by atoms with Gasteiger partial charge < -0.3 is 24.2 Å². The summed E-state index contributed by atoms with van der Waals surface area (Å²) >= 11 is 0. The predicted molar refractivity (Wildman–Crippen MR) is 210 cm³/mol. The zero-order valence-corrected chi connectivity index (χ0v) is 33.5. The molecule has 0 atom stereocenters. The van der Waals surface area contributed by atoms with Crippen LogP contribution in [0.15, 0.2) is 0 Å². The molecule has 6 heteroatoms. The zero-order valence-electron chi connectivity index (χ0n) is 33.5. The first-order valence-electron chi connectivity index (χ1n) is 21.9. The van der Waals surface area contributed by atoms with Gasteiger partial charge in [0, 0.05) is 26.2 Å². The smallest absolute Gasteiger partial charge is 0.305 e. The Balaban J connectivity index is 3.93. The molecule has 0 aromatic heterocycles. The van der Waals surface area contributed by atoms with Gasteiger partial charge in [0.2, 0.25) is 0 Å². The van der Waals surface area contributed by atoms with Gasteiger partial charge in [-0.3, -0.25) is 4.79 Å². The maximum atomic E-state index is 12.0. The molecule has 0 rings (SSSR count). The van der Waals surface area contributed by atoms with Crippen molar-refractivity contribution in [2.24, 2.45) is 0 Å². The molecule has 0 aliphatic carbocycles. The third-order valence-electron chi connectivity index (χ3n) is 9.80. The van der Waals surface area contributed by atoms with E-state index in [1.165, 1.54) is 135 Å². The minimum Gasteiger partial charge on any atom is -0.466 e. The van der Waals surface area contributed by atoms with Crippen molar-refractivity contribution in [1.82, 2.24) is 4.90 Å². The Morgan fingerprint density at radius 1 is 0.469 bits per heavy atom. The highest BCUT2D eigenvalue weighted by Gasteiger charge is 2.10. The number of rotatable bonds is 42. The van der Waals surface area contributed by atoms with E-state index in [1.54, 1.807) is 0 Å². The van der Waals surface area contributed by atoms with E-state index in [-0.39, 0.29) is 18.9 Å². The SMILES string of the molecule is CCCCCCCCCCC(=O)OCCCCCCN(CCO)CCCCCCCC(OCCCCCCCC)OCCCCCCCC. The lowest BCUT2D eigenvalue weighted by atomic mass is 10.1. The van der Waals surface area contributed by atoms with Crippen LogP contribution < -0.4 is 0 Å². The molecule has 0 saturated carbocycles. The van der Waals surface area contributed by atoms with Gasteiger partial charge >= 0.3 is 5.97 Å². The molecule has 0 amide bonds. The van der Waals surface area contributed by atoms with E-state index in [0.29, 0.717) is 13.0 Å². The van der Waals surface area contributed by atoms with Gasteiger partial charge in [0.15, 0.2) is 6.29 Å². The summed E-state index contributed by atoms with van der Waals surface area (Å²) in [6.07, 6.45) is 37.5. The van der Waals surface area contributed by atoms with E-state index in [2.05, 4.69) is 25.7 Å². The molecule has 0 saturated heterocycles. The number of aliphatic hydroxyl groups excluding tert-OH is 1. The number of hydrogen-bond acceptors (Lipinski definition) is 6. The zero-order chi connectivity index (χ0) is 35.7. The Morgan fingerprint density at radius 3 is 1.33 bits per heavy atom. The number of esters is 1. The van der Waals surface area contributed by atoms with Crippen LogP contribution in [0.2, 0.25) is 0 Å². The number of unbranched alkanes of at least 4 members (excludes halogenated alkanes) is 24. The lowest BCUT2D eigenvalue weighted by Crippen LogP contribution is -2.29. The highest BCUT2D eigenvalue weighted by molar-refractivity contribution is 5.69. The molecule has 49 heavy (non-hydrogen) atoms. The minimum absolute atomic E-state index is 0.0198. The summed E-state index contributed by atoms with van der Waals surface area (Å²) in [6, 6.07) is 0. The van der Waals surface area contributed by atoms with Crippen molar-refractivity contribution in [3.8, 4) is 0 Å². The Labute approximate surface area is 306 Å². The van der Waals surface area contributed by atoms with Gasteiger partial charge in [-0.1, -0.05) is 162 Å². The monoisotopic (exact) mass is 698 g/mol. The quantitative estimate of drug-likeness (QED) is 0.0389. The molecule has 0 unspecified atom stereocenters. The minimum atomic E-state index is -0.0295. The molecule has 0 aliphatic rings. The van der Waals surface area contributed by atoms with Gasteiger partial charge in [-0.05, 0) is 64.5 Å². The fourth-order valence-corrected chi connectivity index (χ4v) is 6.52. The van der Waals surface area contributed by atoms with Crippen molar-refractivity contribution in [3.63, 3.8) is 0 Å². The van der Waals surface area contributed by atoms with Gasteiger partial charge in [-0.2, -0.15) is 0 Å². The largest absolute Gasteiger partial charge is 0.466 e. The fraction of sp³-hybridized carbons (Fsp3) is 0.977. The predicted octanol–water partition coefficient (Wildman–Crippen LogP) is 12.3. The maximum absolute atomic E-state index is 12.0. The molecule has 0 heterocycles. The van der Waals surface area contributed by atoms with E-state index in [1.807, 2.05) is 0 Å². The summed E-state index contributed by atoms with van der Waals surface area (Å²) in [4.78, 5) is 14.4. The van der Waals surface area contributed by atoms with E-state index < -0.39 is 0 Å². The Bertz CT molecular complexity index is 615. The maximum Gasteiger partial charge on any atom is 0.305 e. The van der Waals surface area contributed by atoms with Crippen LogP contribution in [0.1, 0.15) is 220 Å². The molecule has 1 N–H and O–H groups in total. The molecule has 0 aromatic rings. The summed E-state index contributed by atoms with van der Waals surface area (Å²) in [5.41, 5.74) is 0. The van der Waals surface area contributed by atoms with E-state index >= 15 is 0 Å². The lowest BCUT2D eigenvalue weighted by molar-refractivity contribution is -0.148. The first kappa shape index (κ1) is 48.3. The number of ether oxygens (including phenoxy) is 3. The Morgan fingerprint density at radius 2 is 0.857 bits per heavy atom. The summed E-state index contributed by atoms with van der Waals surface area (Å²) in [5, 5.41) is 9.56. The second-order valence-electron chi connectivity index (χ2n) is 14.7. The third kappa shape index (κ3) is 38.4. The fourth-order valence-electron chi connectivity index (χ4n) is 6.52. The van der Waals surface area contributed by atoms with Gasteiger partial charge in [0.1, 0.15) is 0 Å². The van der Waals surface area contributed by atoms with Crippen LogP contribution in [0.5, 0.6) is 0 Å². The van der Waals surface area contributed by atoms with Gasteiger partial charge in [-0.25, -0.2) is 0 Å². The van der Waals surface area contributed by atoms with E-state index in [0.717, 1.165) is 90.6 Å². The molecule has 0 fully saturated rings. The summed E-state index contributed by atoms with van der Waals surface area (Å²) in [7, 11) is 0. The van der Waals surface area contributed by atoms with Crippen LogP contribution >= 0.6 is 0 Å². The average molecular weight is 698 g/mol. The summed E-state index contributed by atoms with van der Waals surface area (Å²) < 4.78 is 17.9. The topological polar surface area (TPSA) is 68.2 Å². The number of carbonyl (C=O) groups is 1. The van der Waals surface area contributed by atoms with Crippen molar-refractivity contribution in [1.29, 1.82) is 0 Å². The van der Waals surface area contributed by atoms with Crippen LogP contribution in [0.25, 0.3) is 0 Å². The molecule has 0 aliphatic heterocycles. The molecule has 6 nitrogen and oxygen atoms in total. The first-order chi connectivity index (χ1) is 24.2. The number of carbonyl (C=O) groups excluding carboxylic acids is 1. The highest BCUT2D eigenvalue weighted by atomic mass is 16.7. The van der Waals surface area contributed by atoms with Crippen molar-refractivity contribution in [2.75, 3.05) is 46.1 Å². The number of aliphatic hydroxyl groups is 1. The third-order valence-corrected chi connectivity index (χ3v) is 9.80. The van der Waals surface area contributed by atoms with Crippen molar-refractivity contribution in [3.05, 3.63) is 0 Å². The van der Waals surface area contributed by atoms with E-state index in [9.17, 15) is 9.90 Å². The lowest BCUT2D eigenvalue weighted by Gasteiger charge is -2.21. The average Bonchev–Trinajstić information content (AvgIpc) is 3.10. The van der Waals surface area contributed by atoms with Crippen molar-refractivity contribution >= 4 is 5.97 Å². The van der Waals surface area contributed by atoms with Gasteiger partial charge in [-0.15, -0.1) is 0 Å². The molecule has 294 valence electrons. The van der Waals surface area contributed by atoms with Crippen LogP contribution in [-0.4, -0.2) is 68.3 Å². The first-order valence-corrected chi connectivity index (χ1v) is 21.9. The van der Waals surface area contributed by atoms with E-state index in [4.69, 9.17) is 14.2 Å². The molecule has 0 aromatic carbocycles. The molecular weight excluding hydrogens is 610 g/mol. The molecule has 0 radical (unpaired) electrons. The molecule has 0 bridgehead atoms. The highest BCUT2D eigenvalue weighted by Crippen LogP contribution is 2.15. The second-order valence-corrected chi connectivity index (χ2v) is 14.7. The van der Waals surface area contributed by atoms with Crippen LogP contribution in [0.3, 0.4) is 0 Å². The summed E-state index contributed by atoms with van der Waals surface area (Å²) in [6.45, 7) is 12.1. The Hall–Kier alpha value is -0.690. The number of nitrogens with zero attached hydrogens (tertiary/aromatic N) is 1. The number of hydrogen-bond donors (Lipinski definition) is 1. The summed E-state index contributed by atoms with van der Waals surface area (Å²) in [5.74, 6) is -0.0198. The van der Waals surface area contributed by atoms with Crippen LogP contribution in [-0.2, 0) is 19.0 Å².